The second-order valence-electron chi connectivity index (χ2n) is 7.29. The van der Waals surface area contributed by atoms with E-state index in [4.69, 9.17) is 0 Å². The molecule has 0 aliphatic carbocycles. The molecule has 5 nitrogen and oxygen atoms in total. The SMILES string of the molecule is CC(C)CNC(=O)c1ccccc1NC(=O)CNc1ccccc1C(C)C. The molecule has 0 atom stereocenters. The summed E-state index contributed by atoms with van der Waals surface area (Å²) in [4.78, 5) is 24.8. The van der Waals surface area contributed by atoms with E-state index in [9.17, 15) is 9.59 Å². The summed E-state index contributed by atoms with van der Waals surface area (Å²) in [6.45, 7) is 9.03. The molecule has 0 aromatic heterocycles. The van der Waals surface area contributed by atoms with Gasteiger partial charge in [-0.2, -0.15) is 0 Å². The Bertz CT molecular complexity index is 785. The zero-order valence-corrected chi connectivity index (χ0v) is 16.5. The Balaban J connectivity index is 2.01. The van der Waals surface area contributed by atoms with Crippen LogP contribution in [0.3, 0.4) is 0 Å². The quantitative estimate of drug-likeness (QED) is 0.653. The fourth-order valence-corrected chi connectivity index (χ4v) is 2.71. The van der Waals surface area contributed by atoms with E-state index in [0.29, 0.717) is 29.6 Å². The molecule has 0 aliphatic rings. The molecule has 27 heavy (non-hydrogen) atoms. The number of carbonyl (C=O) groups excluding carboxylic acids is 2. The largest absolute Gasteiger partial charge is 0.376 e. The monoisotopic (exact) mass is 367 g/mol. The molecular formula is C22H29N3O2. The van der Waals surface area contributed by atoms with Crippen LogP contribution in [-0.4, -0.2) is 24.9 Å². The first-order valence-electron chi connectivity index (χ1n) is 9.38. The molecule has 0 aliphatic heterocycles. The third kappa shape index (κ3) is 6.13. The Kier molecular flexibility index (Phi) is 7.41. The first-order valence-corrected chi connectivity index (χ1v) is 9.38. The number of rotatable bonds is 8. The van der Waals surface area contributed by atoms with Crippen LogP contribution in [0.15, 0.2) is 48.5 Å². The smallest absolute Gasteiger partial charge is 0.253 e. The minimum atomic E-state index is -0.197. The maximum absolute atomic E-state index is 12.4. The molecule has 2 amide bonds. The van der Waals surface area contributed by atoms with Crippen LogP contribution in [-0.2, 0) is 4.79 Å². The molecule has 2 rings (SSSR count). The van der Waals surface area contributed by atoms with Gasteiger partial charge in [-0.15, -0.1) is 0 Å². The van der Waals surface area contributed by atoms with Gasteiger partial charge in [0, 0.05) is 12.2 Å². The number of benzene rings is 2. The van der Waals surface area contributed by atoms with Gasteiger partial charge in [-0.25, -0.2) is 0 Å². The van der Waals surface area contributed by atoms with Gasteiger partial charge in [0.25, 0.3) is 5.91 Å². The van der Waals surface area contributed by atoms with Crippen LogP contribution in [0.5, 0.6) is 0 Å². The molecule has 144 valence electrons. The molecule has 3 N–H and O–H groups in total. The Morgan fingerprint density at radius 2 is 1.52 bits per heavy atom. The van der Waals surface area contributed by atoms with Crippen molar-refractivity contribution in [3.8, 4) is 0 Å². The van der Waals surface area contributed by atoms with E-state index in [0.717, 1.165) is 5.69 Å². The summed E-state index contributed by atoms with van der Waals surface area (Å²) in [5, 5.41) is 8.91. The molecule has 0 bridgehead atoms. The van der Waals surface area contributed by atoms with Crippen molar-refractivity contribution in [1.82, 2.24) is 5.32 Å². The summed E-state index contributed by atoms with van der Waals surface area (Å²) in [7, 11) is 0. The molecule has 2 aromatic rings. The first-order chi connectivity index (χ1) is 12.9. The summed E-state index contributed by atoms with van der Waals surface area (Å²) in [5.41, 5.74) is 3.10. The zero-order valence-electron chi connectivity index (χ0n) is 16.5. The van der Waals surface area contributed by atoms with Gasteiger partial charge in [0.2, 0.25) is 5.91 Å². The van der Waals surface area contributed by atoms with Gasteiger partial charge in [-0.05, 0) is 35.6 Å². The van der Waals surface area contributed by atoms with Gasteiger partial charge in [0.05, 0.1) is 17.8 Å². The van der Waals surface area contributed by atoms with E-state index in [2.05, 4.69) is 35.9 Å². The van der Waals surface area contributed by atoms with Crippen molar-refractivity contribution in [3.05, 3.63) is 59.7 Å². The highest BCUT2D eigenvalue weighted by Crippen LogP contribution is 2.23. The van der Waals surface area contributed by atoms with Crippen LogP contribution < -0.4 is 16.0 Å². The molecular weight excluding hydrogens is 338 g/mol. The van der Waals surface area contributed by atoms with Crippen molar-refractivity contribution < 1.29 is 9.59 Å². The maximum atomic E-state index is 12.4. The Labute approximate surface area is 161 Å². The molecule has 0 radical (unpaired) electrons. The number of hydrogen-bond donors (Lipinski definition) is 3. The highest BCUT2D eigenvalue weighted by molar-refractivity contribution is 6.04. The second-order valence-corrected chi connectivity index (χ2v) is 7.29. The lowest BCUT2D eigenvalue weighted by Gasteiger charge is -2.15. The predicted molar refractivity (Wildman–Crippen MR) is 111 cm³/mol. The summed E-state index contributed by atoms with van der Waals surface area (Å²) < 4.78 is 0. The molecule has 0 fully saturated rings. The van der Waals surface area contributed by atoms with E-state index < -0.39 is 0 Å². The normalized spacial score (nSPS) is 10.7. The minimum Gasteiger partial charge on any atom is -0.376 e. The topological polar surface area (TPSA) is 70.2 Å². The Hall–Kier alpha value is -2.82. The summed E-state index contributed by atoms with van der Waals surface area (Å²) in [6, 6.07) is 15.0. The standard InChI is InChI=1S/C22H29N3O2/c1-15(2)13-24-22(27)18-10-6-8-12-20(18)25-21(26)14-23-19-11-7-5-9-17(19)16(3)4/h5-12,15-16,23H,13-14H2,1-4H3,(H,24,27)(H,25,26). The number of anilines is 2. The van der Waals surface area contributed by atoms with Crippen LogP contribution in [0, 0.1) is 5.92 Å². The first kappa shape index (κ1) is 20.5. The van der Waals surface area contributed by atoms with Crippen LogP contribution in [0.1, 0.15) is 49.5 Å². The maximum Gasteiger partial charge on any atom is 0.253 e. The van der Waals surface area contributed by atoms with Gasteiger partial charge in [0.1, 0.15) is 0 Å². The molecule has 0 saturated heterocycles. The Morgan fingerprint density at radius 3 is 2.19 bits per heavy atom. The lowest BCUT2D eigenvalue weighted by molar-refractivity contribution is -0.114. The number of para-hydroxylation sites is 2. The van der Waals surface area contributed by atoms with Gasteiger partial charge in [-0.1, -0.05) is 58.0 Å². The van der Waals surface area contributed by atoms with E-state index in [1.165, 1.54) is 5.56 Å². The lowest BCUT2D eigenvalue weighted by atomic mass is 10.0. The fraction of sp³-hybridized carbons (Fsp3) is 0.364. The lowest BCUT2D eigenvalue weighted by Crippen LogP contribution is -2.29. The van der Waals surface area contributed by atoms with E-state index in [1.807, 2.05) is 32.0 Å². The van der Waals surface area contributed by atoms with Gasteiger partial charge in [-0.3, -0.25) is 9.59 Å². The summed E-state index contributed by atoms with van der Waals surface area (Å²) >= 11 is 0. The third-order valence-corrected chi connectivity index (χ3v) is 4.14. The minimum absolute atomic E-state index is 0.131. The van der Waals surface area contributed by atoms with Crippen LogP contribution in [0.2, 0.25) is 0 Å². The predicted octanol–water partition coefficient (Wildman–Crippen LogP) is 4.25. The highest BCUT2D eigenvalue weighted by atomic mass is 16.2. The number of carbonyl (C=O) groups is 2. The molecule has 0 heterocycles. The molecule has 5 heteroatoms. The van der Waals surface area contributed by atoms with Crippen LogP contribution >= 0.6 is 0 Å². The van der Waals surface area contributed by atoms with Crippen molar-refractivity contribution >= 4 is 23.2 Å². The average Bonchev–Trinajstić information content (AvgIpc) is 2.65. The van der Waals surface area contributed by atoms with E-state index >= 15 is 0 Å². The number of hydrogen-bond acceptors (Lipinski definition) is 3. The van der Waals surface area contributed by atoms with Crippen LogP contribution in [0.4, 0.5) is 11.4 Å². The zero-order chi connectivity index (χ0) is 19.8. The summed E-state index contributed by atoms with van der Waals surface area (Å²) in [5.74, 6) is 0.346. The number of nitrogens with one attached hydrogen (secondary N) is 3. The average molecular weight is 367 g/mol. The fourth-order valence-electron chi connectivity index (χ4n) is 2.71. The third-order valence-electron chi connectivity index (χ3n) is 4.14. The molecule has 0 unspecified atom stereocenters. The van der Waals surface area contributed by atoms with Crippen molar-refractivity contribution in [2.75, 3.05) is 23.7 Å². The highest BCUT2D eigenvalue weighted by Gasteiger charge is 2.13. The van der Waals surface area contributed by atoms with E-state index in [-0.39, 0.29) is 18.4 Å². The van der Waals surface area contributed by atoms with Crippen molar-refractivity contribution in [2.24, 2.45) is 5.92 Å². The summed E-state index contributed by atoms with van der Waals surface area (Å²) in [6.07, 6.45) is 0. The van der Waals surface area contributed by atoms with Gasteiger partial charge < -0.3 is 16.0 Å². The molecule has 0 spiro atoms. The van der Waals surface area contributed by atoms with Crippen molar-refractivity contribution in [2.45, 2.75) is 33.6 Å². The van der Waals surface area contributed by atoms with Gasteiger partial charge in [0.15, 0.2) is 0 Å². The van der Waals surface area contributed by atoms with E-state index in [1.54, 1.807) is 24.3 Å². The Morgan fingerprint density at radius 1 is 0.889 bits per heavy atom. The van der Waals surface area contributed by atoms with Crippen LogP contribution in [0.25, 0.3) is 0 Å². The molecule has 2 aromatic carbocycles. The molecule has 0 saturated carbocycles. The van der Waals surface area contributed by atoms with Crippen molar-refractivity contribution in [3.63, 3.8) is 0 Å². The number of amides is 2. The second kappa shape index (κ2) is 9.76. The van der Waals surface area contributed by atoms with Crippen molar-refractivity contribution in [1.29, 1.82) is 0 Å². The van der Waals surface area contributed by atoms with Gasteiger partial charge >= 0.3 is 0 Å².